The van der Waals surface area contributed by atoms with E-state index in [2.05, 4.69) is 0 Å². The summed E-state index contributed by atoms with van der Waals surface area (Å²) in [5.74, 6) is -1.48. The van der Waals surface area contributed by atoms with Crippen molar-refractivity contribution < 1.29 is 14.3 Å². The number of halogens is 1. The van der Waals surface area contributed by atoms with Gasteiger partial charge in [-0.1, -0.05) is 91.0 Å². The summed E-state index contributed by atoms with van der Waals surface area (Å²) in [6.07, 6.45) is -2.12. The molecule has 0 radical (unpaired) electrons. The molecule has 0 spiro atoms. The van der Waals surface area contributed by atoms with Crippen LogP contribution in [0.4, 0.5) is 4.39 Å². The van der Waals surface area contributed by atoms with E-state index in [9.17, 15) is 9.90 Å². The van der Waals surface area contributed by atoms with E-state index in [1.165, 1.54) is 0 Å². The third-order valence-corrected chi connectivity index (χ3v) is 4.28. The summed E-state index contributed by atoms with van der Waals surface area (Å²) in [7, 11) is 0. The standard InChI is InChI=1S/C21H17FO2/c22-19(20(23)24)21(16-10-4-1-5-11-16,17-12-6-2-7-13-17)18-14-8-3-9-15-18/h1-15,19H,(H,23,24). The largest absolute Gasteiger partial charge is 0.479 e. The number of carboxylic acid groups (broad SMARTS) is 1. The maximum Gasteiger partial charge on any atom is 0.339 e. The van der Waals surface area contributed by atoms with Gasteiger partial charge in [0.05, 0.1) is 5.41 Å². The van der Waals surface area contributed by atoms with Gasteiger partial charge in [-0.2, -0.15) is 0 Å². The molecule has 0 aliphatic heterocycles. The van der Waals surface area contributed by atoms with Crippen LogP contribution in [0, 0.1) is 0 Å². The molecule has 0 fully saturated rings. The molecule has 0 saturated carbocycles. The number of alkyl halides is 1. The number of carboxylic acids is 1. The van der Waals surface area contributed by atoms with Gasteiger partial charge in [0.2, 0.25) is 6.17 Å². The Morgan fingerprint density at radius 3 is 1.25 bits per heavy atom. The number of hydrogen-bond acceptors (Lipinski definition) is 1. The lowest BCUT2D eigenvalue weighted by Crippen LogP contribution is -2.44. The molecule has 24 heavy (non-hydrogen) atoms. The normalized spacial score (nSPS) is 12.5. The van der Waals surface area contributed by atoms with Crippen molar-refractivity contribution in [2.24, 2.45) is 0 Å². The predicted molar refractivity (Wildman–Crippen MR) is 91.7 cm³/mol. The van der Waals surface area contributed by atoms with E-state index < -0.39 is 17.6 Å². The molecule has 3 heteroatoms. The van der Waals surface area contributed by atoms with E-state index in [1.54, 1.807) is 72.8 Å². The molecule has 1 atom stereocenters. The number of benzene rings is 3. The molecule has 0 aliphatic rings. The Morgan fingerprint density at radius 2 is 1.00 bits per heavy atom. The van der Waals surface area contributed by atoms with Crippen molar-refractivity contribution in [1.82, 2.24) is 0 Å². The second-order valence-corrected chi connectivity index (χ2v) is 5.61. The van der Waals surface area contributed by atoms with Gasteiger partial charge in [0, 0.05) is 0 Å². The summed E-state index contributed by atoms with van der Waals surface area (Å²) in [4.78, 5) is 11.7. The molecule has 0 heterocycles. The van der Waals surface area contributed by atoms with Crippen LogP contribution >= 0.6 is 0 Å². The van der Waals surface area contributed by atoms with Crippen molar-refractivity contribution in [3.8, 4) is 0 Å². The van der Waals surface area contributed by atoms with Gasteiger partial charge < -0.3 is 5.11 Å². The van der Waals surface area contributed by atoms with Crippen LogP contribution in [0.5, 0.6) is 0 Å². The molecule has 1 unspecified atom stereocenters. The third-order valence-electron chi connectivity index (χ3n) is 4.28. The van der Waals surface area contributed by atoms with E-state index in [-0.39, 0.29) is 0 Å². The second kappa shape index (κ2) is 6.67. The number of rotatable bonds is 5. The van der Waals surface area contributed by atoms with Crippen LogP contribution in [0.2, 0.25) is 0 Å². The fourth-order valence-corrected chi connectivity index (χ4v) is 3.23. The lowest BCUT2D eigenvalue weighted by molar-refractivity contribution is -0.144. The minimum Gasteiger partial charge on any atom is -0.479 e. The first-order chi connectivity index (χ1) is 11.7. The summed E-state index contributed by atoms with van der Waals surface area (Å²) >= 11 is 0. The van der Waals surface area contributed by atoms with Gasteiger partial charge in [-0.15, -0.1) is 0 Å². The molecule has 3 aromatic rings. The molecule has 3 aromatic carbocycles. The Morgan fingerprint density at radius 1 is 0.708 bits per heavy atom. The van der Waals surface area contributed by atoms with Gasteiger partial charge in [-0.3, -0.25) is 0 Å². The minimum atomic E-state index is -2.12. The Kier molecular flexibility index (Phi) is 4.43. The van der Waals surface area contributed by atoms with E-state index >= 15 is 4.39 Å². The summed E-state index contributed by atoms with van der Waals surface area (Å²) in [6, 6.07) is 26.9. The zero-order valence-corrected chi connectivity index (χ0v) is 13.0. The van der Waals surface area contributed by atoms with Gasteiger partial charge in [0.25, 0.3) is 0 Å². The first kappa shape index (κ1) is 15.9. The van der Waals surface area contributed by atoms with Crippen molar-refractivity contribution in [3.63, 3.8) is 0 Å². The molecule has 0 saturated heterocycles. The first-order valence-corrected chi connectivity index (χ1v) is 7.71. The van der Waals surface area contributed by atoms with E-state index in [4.69, 9.17) is 0 Å². The molecule has 0 bridgehead atoms. The van der Waals surface area contributed by atoms with Crippen molar-refractivity contribution in [2.75, 3.05) is 0 Å². The van der Waals surface area contributed by atoms with Crippen LogP contribution in [0.15, 0.2) is 91.0 Å². The van der Waals surface area contributed by atoms with Gasteiger partial charge >= 0.3 is 5.97 Å². The SMILES string of the molecule is O=C(O)C(F)C(c1ccccc1)(c1ccccc1)c1ccccc1. The Bertz CT molecular complexity index is 704. The van der Waals surface area contributed by atoms with E-state index in [1.807, 2.05) is 18.2 Å². The maximum absolute atomic E-state index is 15.3. The zero-order chi connectivity index (χ0) is 17.0. The molecular formula is C21H17FO2. The zero-order valence-electron chi connectivity index (χ0n) is 13.0. The first-order valence-electron chi connectivity index (χ1n) is 7.71. The van der Waals surface area contributed by atoms with Gasteiger partial charge in [0.15, 0.2) is 0 Å². The monoisotopic (exact) mass is 320 g/mol. The van der Waals surface area contributed by atoms with Crippen molar-refractivity contribution >= 4 is 5.97 Å². The smallest absolute Gasteiger partial charge is 0.339 e. The molecule has 0 aromatic heterocycles. The average molecular weight is 320 g/mol. The van der Waals surface area contributed by atoms with Crippen LogP contribution in [0.3, 0.4) is 0 Å². The van der Waals surface area contributed by atoms with Crippen LogP contribution in [0.1, 0.15) is 16.7 Å². The summed E-state index contributed by atoms with van der Waals surface area (Å²) in [6.45, 7) is 0. The average Bonchev–Trinajstić information content (AvgIpc) is 2.65. The summed E-state index contributed by atoms with van der Waals surface area (Å²) in [5, 5.41) is 9.53. The van der Waals surface area contributed by atoms with Gasteiger partial charge in [-0.05, 0) is 16.7 Å². The van der Waals surface area contributed by atoms with Crippen LogP contribution in [-0.4, -0.2) is 17.2 Å². The molecule has 0 amide bonds. The highest BCUT2D eigenvalue weighted by molar-refractivity contribution is 5.78. The van der Waals surface area contributed by atoms with Crippen LogP contribution in [0.25, 0.3) is 0 Å². The Hall–Kier alpha value is -2.94. The van der Waals surface area contributed by atoms with Crippen LogP contribution in [-0.2, 0) is 10.2 Å². The summed E-state index contributed by atoms with van der Waals surface area (Å²) in [5.41, 5.74) is 0.419. The lowest BCUT2D eigenvalue weighted by atomic mass is 9.66. The van der Waals surface area contributed by atoms with E-state index in [0.29, 0.717) is 16.7 Å². The second-order valence-electron chi connectivity index (χ2n) is 5.61. The molecule has 3 rings (SSSR count). The molecular weight excluding hydrogens is 303 g/mol. The van der Waals surface area contributed by atoms with Crippen molar-refractivity contribution in [1.29, 1.82) is 0 Å². The highest BCUT2D eigenvalue weighted by Gasteiger charge is 2.48. The Labute approximate surface area is 140 Å². The Balaban J connectivity index is 2.39. The molecule has 120 valence electrons. The molecule has 1 N–H and O–H groups in total. The summed E-state index contributed by atoms with van der Waals surface area (Å²) < 4.78 is 15.3. The fraction of sp³-hybridized carbons (Fsp3) is 0.0952. The highest BCUT2D eigenvalue weighted by atomic mass is 19.1. The minimum absolute atomic E-state index is 0.609. The predicted octanol–water partition coefficient (Wildman–Crippen LogP) is 4.44. The number of carbonyl (C=O) groups is 1. The van der Waals surface area contributed by atoms with Gasteiger partial charge in [-0.25, -0.2) is 9.18 Å². The topological polar surface area (TPSA) is 37.3 Å². The lowest BCUT2D eigenvalue weighted by Gasteiger charge is -2.36. The van der Waals surface area contributed by atoms with Gasteiger partial charge in [0.1, 0.15) is 0 Å². The fourth-order valence-electron chi connectivity index (χ4n) is 3.23. The quantitative estimate of drug-likeness (QED) is 0.706. The third kappa shape index (κ3) is 2.58. The van der Waals surface area contributed by atoms with Crippen molar-refractivity contribution in [3.05, 3.63) is 108 Å². The van der Waals surface area contributed by atoms with Crippen molar-refractivity contribution in [2.45, 2.75) is 11.6 Å². The van der Waals surface area contributed by atoms with Crippen LogP contribution < -0.4 is 0 Å². The molecule has 2 nitrogen and oxygen atoms in total. The maximum atomic E-state index is 15.3. The van der Waals surface area contributed by atoms with E-state index in [0.717, 1.165) is 0 Å². The number of aliphatic carboxylic acids is 1. The molecule has 0 aliphatic carbocycles. The highest BCUT2D eigenvalue weighted by Crippen LogP contribution is 2.43. The number of hydrogen-bond donors (Lipinski definition) is 1.